The van der Waals surface area contributed by atoms with E-state index in [-0.39, 0.29) is 5.92 Å². The Hall–Kier alpha value is -3.14. The molecule has 1 fully saturated rings. The molecule has 0 amide bonds. The van der Waals surface area contributed by atoms with Crippen LogP contribution in [0.4, 0.5) is 24.7 Å². The molecule has 6 nitrogen and oxygen atoms in total. The number of aromatic nitrogens is 4. The number of hydrogen-bond acceptors (Lipinski definition) is 5. The highest BCUT2D eigenvalue weighted by atomic mass is 79.9. The first-order valence-electron chi connectivity index (χ1n) is 11.0. The monoisotopic (exact) mass is 530 g/mol. The van der Waals surface area contributed by atoms with E-state index in [0.29, 0.717) is 6.54 Å². The van der Waals surface area contributed by atoms with Crippen LogP contribution in [0.3, 0.4) is 0 Å². The number of halogens is 4. The highest BCUT2D eigenvalue weighted by Crippen LogP contribution is 2.34. The summed E-state index contributed by atoms with van der Waals surface area (Å²) in [6, 6.07) is 11.4. The average Bonchev–Trinajstić information content (AvgIpc) is 3.23. The van der Waals surface area contributed by atoms with Crippen LogP contribution in [0.25, 0.3) is 5.65 Å². The SMILES string of the molecule is FC(F)(F)c1ccc(N2CCC(c3cc(NCc4cccnc4)n4ncc(Br)c4n3)CC2)cc1. The zero-order valence-corrected chi connectivity index (χ0v) is 19.7. The molecule has 0 unspecified atom stereocenters. The van der Waals surface area contributed by atoms with Gasteiger partial charge < -0.3 is 10.2 Å². The molecule has 4 aromatic rings. The number of piperidine rings is 1. The predicted molar refractivity (Wildman–Crippen MR) is 128 cm³/mol. The van der Waals surface area contributed by atoms with Crippen LogP contribution in [0.1, 0.15) is 35.6 Å². The minimum Gasteiger partial charge on any atom is -0.371 e. The maximum atomic E-state index is 12.9. The molecule has 176 valence electrons. The molecule has 1 aliphatic heterocycles. The Bertz CT molecular complexity index is 1270. The van der Waals surface area contributed by atoms with E-state index < -0.39 is 11.7 Å². The third-order valence-corrected chi connectivity index (χ3v) is 6.68. The molecule has 0 atom stereocenters. The smallest absolute Gasteiger partial charge is 0.371 e. The van der Waals surface area contributed by atoms with E-state index in [1.807, 2.05) is 24.4 Å². The van der Waals surface area contributed by atoms with E-state index in [2.05, 4.69) is 36.2 Å². The van der Waals surface area contributed by atoms with Gasteiger partial charge in [0, 0.05) is 55.4 Å². The topological polar surface area (TPSA) is 58.4 Å². The van der Waals surface area contributed by atoms with Gasteiger partial charge in [0.25, 0.3) is 0 Å². The van der Waals surface area contributed by atoms with Crippen molar-refractivity contribution in [3.63, 3.8) is 0 Å². The molecule has 3 aromatic heterocycles. The summed E-state index contributed by atoms with van der Waals surface area (Å²) in [5.74, 6) is 1.09. The summed E-state index contributed by atoms with van der Waals surface area (Å²) in [6.45, 7) is 2.11. The standard InChI is InChI=1S/C24H22BrF3N6/c25-20-15-31-34-22(30-14-16-2-1-9-29-13-16)12-21(32-23(20)34)17-7-10-33(11-8-17)19-5-3-18(4-6-19)24(26,27)28/h1-6,9,12-13,15,17,30H,7-8,10-11,14H2. The van der Waals surface area contributed by atoms with Gasteiger partial charge >= 0.3 is 6.18 Å². The zero-order chi connectivity index (χ0) is 23.7. The molecule has 0 aliphatic carbocycles. The summed E-state index contributed by atoms with van der Waals surface area (Å²) >= 11 is 3.54. The molecular formula is C24H22BrF3N6. The van der Waals surface area contributed by atoms with Gasteiger partial charge in [0.1, 0.15) is 5.82 Å². The summed E-state index contributed by atoms with van der Waals surface area (Å²) in [7, 11) is 0. The molecule has 5 rings (SSSR count). The second-order valence-electron chi connectivity index (χ2n) is 8.31. The van der Waals surface area contributed by atoms with Gasteiger partial charge in [0.2, 0.25) is 0 Å². The lowest BCUT2D eigenvalue weighted by Gasteiger charge is -2.33. The number of fused-ring (bicyclic) bond motifs is 1. The van der Waals surface area contributed by atoms with E-state index in [1.54, 1.807) is 29.0 Å². The fraction of sp³-hybridized carbons (Fsp3) is 0.292. The first-order valence-corrected chi connectivity index (χ1v) is 11.8. The number of pyridine rings is 1. The van der Waals surface area contributed by atoms with Crippen LogP contribution in [0, 0.1) is 0 Å². The molecule has 1 aliphatic rings. The Morgan fingerprint density at radius 1 is 1.06 bits per heavy atom. The second-order valence-corrected chi connectivity index (χ2v) is 9.17. The van der Waals surface area contributed by atoms with Crippen LogP contribution < -0.4 is 10.2 Å². The summed E-state index contributed by atoms with van der Waals surface area (Å²) < 4.78 is 41.2. The van der Waals surface area contributed by atoms with Gasteiger partial charge in [-0.15, -0.1) is 0 Å². The van der Waals surface area contributed by atoms with Gasteiger partial charge in [-0.25, -0.2) is 4.98 Å². The third-order valence-electron chi connectivity index (χ3n) is 6.12. The molecule has 0 saturated carbocycles. The molecule has 10 heteroatoms. The maximum absolute atomic E-state index is 12.9. The van der Waals surface area contributed by atoms with Crippen LogP contribution in [0.15, 0.2) is 65.5 Å². The van der Waals surface area contributed by atoms with Crippen molar-refractivity contribution in [3.05, 3.63) is 82.3 Å². The molecular weight excluding hydrogens is 509 g/mol. The van der Waals surface area contributed by atoms with Crippen LogP contribution >= 0.6 is 15.9 Å². The van der Waals surface area contributed by atoms with Crippen molar-refractivity contribution >= 4 is 33.1 Å². The average molecular weight is 531 g/mol. The number of nitrogens with one attached hydrogen (secondary N) is 1. The lowest BCUT2D eigenvalue weighted by molar-refractivity contribution is -0.137. The molecule has 1 aromatic carbocycles. The highest BCUT2D eigenvalue weighted by molar-refractivity contribution is 9.10. The van der Waals surface area contributed by atoms with Gasteiger partial charge in [0.15, 0.2) is 5.65 Å². The van der Waals surface area contributed by atoms with Crippen molar-refractivity contribution in [2.75, 3.05) is 23.3 Å². The van der Waals surface area contributed by atoms with Crippen molar-refractivity contribution in [1.29, 1.82) is 0 Å². The number of hydrogen-bond donors (Lipinski definition) is 1. The molecule has 1 saturated heterocycles. The van der Waals surface area contributed by atoms with E-state index in [1.165, 1.54) is 0 Å². The second kappa shape index (κ2) is 9.25. The molecule has 1 N–H and O–H groups in total. The number of benzene rings is 1. The summed E-state index contributed by atoms with van der Waals surface area (Å²) in [4.78, 5) is 11.2. The van der Waals surface area contributed by atoms with Gasteiger partial charge in [-0.2, -0.15) is 22.8 Å². The van der Waals surface area contributed by atoms with Gasteiger partial charge in [-0.1, -0.05) is 6.07 Å². The fourth-order valence-electron chi connectivity index (χ4n) is 4.28. The van der Waals surface area contributed by atoms with Crippen LogP contribution in [-0.2, 0) is 12.7 Å². The summed E-state index contributed by atoms with van der Waals surface area (Å²) in [6.07, 6.45) is 2.70. The van der Waals surface area contributed by atoms with Crippen molar-refractivity contribution in [1.82, 2.24) is 19.6 Å². The van der Waals surface area contributed by atoms with Crippen LogP contribution in [-0.4, -0.2) is 32.7 Å². The molecule has 4 heterocycles. The Morgan fingerprint density at radius 3 is 2.50 bits per heavy atom. The Kier molecular flexibility index (Phi) is 6.16. The fourth-order valence-corrected chi connectivity index (χ4v) is 4.63. The Labute approximate surface area is 203 Å². The van der Waals surface area contributed by atoms with E-state index >= 15 is 0 Å². The number of anilines is 2. The van der Waals surface area contributed by atoms with Crippen molar-refractivity contribution < 1.29 is 13.2 Å². The Morgan fingerprint density at radius 2 is 1.82 bits per heavy atom. The molecule has 0 bridgehead atoms. The zero-order valence-electron chi connectivity index (χ0n) is 18.1. The minimum atomic E-state index is -4.32. The Balaban J connectivity index is 1.32. The van der Waals surface area contributed by atoms with Gasteiger partial charge in [0.05, 0.1) is 16.2 Å². The van der Waals surface area contributed by atoms with Gasteiger partial charge in [-0.05, 0) is 64.7 Å². The van der Waals surface area contributed by atoms with Crippen molar-refractivity contribution in [2.24, 2.45) is 0 Å². The predicted octanol–water partition coefficient (Wildman–Crippen LogP) is 5.90. The van der Waals surface area contributed by atoms with Crippen molar-refractivity contribution in [2.45, 2.75) is 31.5 Å². The van der Waals surface area contributed by atoms with Crippen LogP contribution in [0.5, 0.6) is 0 Å². The van der Waals surface area contributed by atoms with E-state index in [0.717, 1.165) is 70.9 Å². The largest absolute Gasteiger partial charge is 0.416 e. The lowest BCUT2D eigenvalue weighted by atomic mass is 9.92. The normalized spacial score (nSPS) is 15.1. The van der Waals surface area contributed by atoms with E-state index in [4.69, 9.17) is 4.98 Å². The molecule has 34 heavy (non-hydrogen) atoms. The van der Waals surface area contributed by atoms with Crippen LogP contribution in [0.2, 0.25) is 0 Å². The number of nitrogens with zero attached hydrogens (tertiary/aromatic N) is 5. The third kappa shape index (κ3) is 4.72. The quantitative estimate of drug-likeness (QED) is 0.348. The maximum Gasteiger partial charge on any atom is 0.416 e. The van der Waals surface area contributed by atoms with E-state index in [9.17, 15) is 13.2 Å². The first kappa shape index (κ1) is 22.6. The summed E-state index contributed by atoms with van der Waals surface area (Å²) in [5.41, 5.74) is 2.98. The first-order chi connectivity index (χ1) is 16.4. The summed E-state index contributed by atoms with van der Waals surface area (Å²) in [5, 5.41) is 7.88. The molecule has 0 radical (unpaired) electrons. The number of alkyl halides is 3. The molecule has 0 spiro atoms. The van der Waals surface area contributed by atoms with Crippen molar-refractivity contribution in [3.8, 4) is 0 Å². The minimum absolute atomic E-state index is 0.247. The van der Waals surface area contributed by atoms with Gasteiger partial charge in [-0.3, -0.25) is 4.98 Å². The number of rotatable bonds is 5. The lowest BCUT2D eigenvalue weighted by Crippen LogP contribution is -2.33. The highest BCUT2D eigenvalue weighted by Gasteiger charge is 2.30.